The highest BCUT2D eigenvalue weighted by atomic mass is 32.2. The number of nitrogens with two attached hydrogens (primary N) is 1. The van der Waals surface area contributed by atoms with Gasteiger partial charge in [0.1, 0.15) is 0 Å². The summed E-state index contributed by atoms with van der Waals surface area (Å²) in [7, 11) is 0. The van der Waals surface area contributed by atoms with Gasteiger partial charge in [-0.3, -0.25) is 9.59 Å². The third kappa shape index (κ3) is 3.85. The first-order chi connectivity index (χ1) is 13.1. The number of aromatic nitrogens is 2. The van der Waals surface area contributed by atoms with Crippen LogP contribution >= 0.6 is 11.8 Å². The zero-order valence-electron chi connectivity index (χ0n) is 14.4. The summed E-state index contributed by atoms with van der Waals surface area (Å²) in [5.41, 5.74) is 6.07. The predicted molar refractivity (Wildman–Crippen MR) is 95.1 cm³/mol. The number of carbonyl (C=O) groups excluding carboxylic acids is 2. The van der Waals surface area contributed by atoms with Gasteiger partial charge >= 0.3 is 0 Å². The zero-order valence-corrected chi connectivity index (χ0v) is 15.2. The molecule has 1 atom stereocenters. The van der Waals surface area contributed by atoms with Crippen molar-refractivity contribution in [3.8, 4) is 23.0 Å². The molecule has 0 aliphatic carbocycles. The van der Waals surface area contributed by atoms with Gasteiger partial charge in [0.2, 0.25) is 24.5 Å². The molecule has 1 aromatic carbocycles. The van der Waals surface area contributed by atoms with Crippen molar-refractivity contribution < 1.29 is 23.5 Å². The van der Waals surface area contributed by atoms with Crippen LogP contribution in [0.1, 0.15) is 12.8 Å². The van der Waals surface area contributed by atoms with Crippen LogP contribution in [-0.2, 0) is 9.59 Å². The van der Waals surface area contributed by atoms with E-state index in [1.165, 1.54) is 11.8 Å². The van der Waals surface area contributed by atoms with Gasteiger partial charge in [0, 0.05) is 18.7 Å². The highest BCUT2D eigenvalue weighted by molar-refractivity contribution is 7.99. The van der Waals surface area contributed by atoms with Crippen LogP contribution in [0.25, 0.3) is 11.5 Å². The molecule has 0 bridgehead atoms. The van der Waals surface area contributed by atoms with E-state index in [0.29, 0.717) is 41.3 Å². The molecule has 0 saturated carbocycles. The van der Waals surface area contributed by atoms with Crippen LogP contribution in [0.3, 0.4) is 0 Å². The first-order valence-corrected chi connectivity index (χ1v) is 9.52. The zero-order chi connectivity index (χ0) is 18.8. The number of thioether (sulfide) groups is 1. The molecule has 1 aromatic heterocycles. The molecular formula is C17H18N4O5S. The summed E-state index contributed by atoms with van der Waals surface area (Å²) in [6.45, 7) is 1.20. The fourth-order valence-corrected chi connectivity index (χ4v) is 3.73. The molecule has 2 N–H and O–H groups in total. The van der Waals surface area contributed by atoms with Gasteiger partial charge in [0.15, 0.2) is 11.5 Å². The minimum atomic E-state index is -0.356. The Morgan fingerprint density at radius 3 is 2.96 bits per heavy atom. The first-order valence-electron chi connectivity index (χ1n) is 8.53. The van der Waals surface area contributed by atoms with Gasteiger partial charge < -0.3 is 24.5 Å². The highest BCUT2D eigenvalue weighted by Crippen LogP contribution is 2.36. The number of amides is 2. The summed E-state index contributed by atoms with van der Waals surface area (Å²) >= 11 is 1.17. The van der Waals surface area contributed by atoms with Crippen LogP contribution in [-0.4, -0.2) is 52.5 Å². The maximum Gasteiger partial charge on any atom is 0.277 e. The van der Waals surface area contributed by atoms with Crippen LogP contribution in [0.5, 0.6) is 11.5 Å². The maximum atomic E-state index is 12.4. The van der Waals surface area contributed by atoms with E-state index in [9.17, 15) is 9.59 Å². The monoisotopic (exact) mass is 390 g/mol. The predicted octanol–water partition coefficient (Wildman–Crippen LogP) is 1.28. The average Bonchev–Trinajstić information content (AvgIpc) is 3.34. The molecule has 0 unspecified atom stereocenters. The van der Waals surface area contributed by atoms with E-state index in [4.69, 9.17) is 19.6 Å². The van der Waals surface area contributed by atoms with Crippen LogP contribution < -0.4 is 15.2 Å². The number of benzene rings is 1. The molecule has 2 aliphatic rings. The third-order valence-corrected chi connectivity index (χ3v) is 5.32. The van der Waals surface area contributed by atoms with Gasteiger partial charge in [-0.15, -0.1) is 10.2 Å². The van der Waals surface area contributed by atoms with Crippen LogP contribution in [0, 0.1) is 5.92 Å². The van der Waals surface area contributed by atoms with Crippen LogP contribution in [0.4, 0.5) is 0 Å². The number of hydrogen-bond donors (Lipinski definition) is 1. The van der Waals surface area contributed by atoms with Gasteiger partial charge in [0.25, 0.3) is 5.22 Å². The molecule has 1 fully saturated rings. The summed E-state index contributed by atoms with van der Waals surface area (Å²) < 4.78 is 16.2. The van der Waals surface area contributed by atoms with Crippen molar-refractivity contribution in [3.05, 3.63) is 18.2 Å². The number of ether oxygens (including phenoxy) is 2. The van der Waals surface area contributed by atoms with E-state index >= 15 is 0 Å². The molecule has 27 heavy (non-hydrogen) atoms. The Labute approximate surface area is 159 Å². The van der Waals surface area contributed by atoms with Crippen molar-refractivity contribution in [1.82, 2.24) is 15.1 Å². The maximum absolute atomic E-state index is 12.4. The number of nitrogens with zero attached hydrogens (tertiary/aromatic N) is 3. The van der Waals surface area contributed by atoms with Gasteiger partial charge in [-0.05, 0) is 31.0 Å². The van der Waals surface area contributed by atoms with E-state index in [1.807, 2.05) is 0 Å². The van der Waals surface area contributed by atoms with Crippen LogP contribution in [0.2, 0.25) is 0 Å². The largest absolute Gasteiger partial charge is 0.454 e. The molecule has 2 aromatic rings. The SMILES string of the molecule is NC(=O)[C@@H]1CCCN(C(=O)CSc2nnc(-c3ccc4c(c3)OCO4)o2)C1. The standard InChI is InChI=1S/C17H18N4O5S/c18-15(23)11-2-1-5-21(7-11)14(22)8-27-17-20-19-16(26-17)10-3-4-12-13(6-10)25-9-24-12/h3-4,6,11H,1-2,5,7-9H2,(H2,18,23)/t11-/m1/s1. The summed E-state index contributed by atoms with van der Waals surface area (Å²) in [5, 5.41) is 8.30. The molecule has 2 aliphatic heterocycles. The molecule has 9 nitrogen and oxygen atoms in total. The van der Waals surface area contributed by atoms with Crippen molar-refractivity contribution in [1.29, 1.82) is 0 Å². The van der Waals surface area contributed by atoms with E-state index in [-0.39, 0.29) is 30.3 Å². The van der Waals surface area contributed by atoms with Crippen molar-refractivity contribution in [2.45, 2.75) is 18.1 Å². The lowest BCUT2D eigenvalue weighted by molar-refractivity contribution is -0.132. The second-order valence-electron chi connectivity index (χ2n) is 6.31. The average molecular weight is 390 g/mol. The fourth-order valence-electron chi connectivity index (χ4n) is 3.06. The van der Waals surface area contributed by atoms with Gasteiger partial charge in [-0.1, -0.05) is 11.8 Å². The Morgan fingerprint density at radius 1 is 1.26 bits per heavy atom. The number of piperidine rings is 1. The molecule has 1 saturated heterocycles. The molecule has 0 radical (unpaired) electrons. The lowest BCUT2D eigenvalue weighted by atomic mass is 9.97. The minimum absolute atomic E-state index is 0.0752. The Kier molecular flexibility index (Phi) is 4.88. The second kappa shape index (κ2) is 7.47. The number of rotatable bonds is 5. The minimum Gasteiger partial charge on any atom is -0.454 e. The topological polar surface area (TPSA) is 121 Å². The highest BCUT2D eigenvalue weighted by Gasteiger charge is 2.27. The molecular weight excluding hydrogens is 372 g/mol. The van der Waals surface area contributed by atoms with Crippen molar-refractivity contribution in [2.75, 3.05) is 25.6 Å². The van der Waals surface area contributed by atoms with Gasteiger partial charge in [-0.25, -0.2) is 0 Å². The molecule has 2 amide bonds. The Morgan fingerprint density at radius 2 is 2.11 bits per heavy atom. The van der Waals surface area contributed by atoms with Gasteiger partial charge in [-0.2, -0.15) is 0 Å². The Bertz CT molecular complexity index is 871. The number of likely N-dealkylation sites (tertiary alicyclic amines) is 1. The van der Waals surface area contributed by atoms with Crippen molar-refractivity contribution >= 4 is 23.6 Å². The first kappa shape index (κ1) is 17.7. The molecule has 10 heteroatoms. The lowest BCUT2D eigenvalue weighted by Crippen LogP contribution is -2.44. The molecule has 142 valence electrons. The number of primary amides is 1. The third-order valence-electron chi connectivity index (χ3n) is 4.52. The summed E-state index contributed by atoms with van der Waals surface area (Å²) in [6, 6.07) is 5.36. The summed E-state index contributed by atoms with van der Waals surface area (Å²) in [4.78, 5) is 25.4. The van der Waals surface area contributed by atoms with E-state index in [2.05, 4.69) is 10.2 Å². The van der Waals surface area contributed by atoms with Crippen molar-refractivity contribution in [2.24, 2.45) is 11.7 Å². The molecule has 3 heterocycles. The molecule has 0 spiro atoms. The second-order valence-corrected chi connectivity index (χ2v) is 7.24. The molecule has 4 rings (SSSR count). The smallest absolute Gasteiger partial charge is 0.277 e. The Balaban J connectivity index is 1.35. The quantitative estimate of drug-likeness (QED) is 0.758. The van der Waals surface area contributed by atoms with Crippen molar-refractivity contribution in [3.63, 3.8) is 0 Å². The normalized spacial score (nSPS) is 18.5. The van der Waals surface area contributed by atoms with Gasteiger partial charge in [0.05, 0.1) is 11.7 Å². The van der Waals surface area contributed by atoms with E-state index in [0.717, 1.165) is 12.8 Å². The van der Waals surface area contributed by atoms with E-state index < -0.39 is 0 Å². The van der Waals surface area contributed by atoms with E-state index in [1.54, 1.807) is 23.1 Å². The fraction of sp³-hybridized carbons (Fsp3) is 0.412. The summed E-state index contributed by atoms with van der Waals surface area (Å²) in [6.07, 6.45) is 1.51. The Hall–Kier alpha value is -2.75. The lowest BCUT2D eigenvalue weighted by Gasteiger charge is -2.31. The summed E-state index contributed by atoms with van der Waals surface area (Å²) in [5.74, 6) is 1.11. The number of hydrogen-bond acceptors (Lipinski definition) is 8. The number of fused-ring (bicyclic) bond motifs is 1. The van der Waals surface area contributed by atoms with Crippen LogP contribution in [0.15, 0.2) is 27.8 Å². The number of carbonyl (C=O) groups is 2.